The maximum atomic E-state index is 13.9. The number of halogens is 1. The van der Waals surface area contributed by atoms with Gasteiger partial charge in [0.1, 0.15) is 5.75 Å². The molecule has 43 heavy (non-hydrogen) atoms. The number of carbonyl (C=O) groups excluding carboxylic acids is 2. The number of nitrogens with zero attached hydrogens (tertiary/aromatic N) is 5. The first kappa shape index (κ1) is 30.8. The van der Waals surface area contributed by atoms with Crippen LogP contribution < -0.4 is 27.4 Å². The molecular formula is C32H42ClN7O3. The van der Waals surface area contributed by atoms with Crippen LogP contribution in [0.4, 0.5) is 5.69 Å². The fourth-order valence-electron chi connectivity index (χ4n) is 6.14. The number of anilines is 1. The SMILES string of the molecule is CC(C)(Oc1cncc(N2CCC[C@@H](C(=O)N(Cc3ccc(-c4cn[nH]c4)cc3)C3CC3)C2)c1)C(=O)N1CC[NH2+]CC1.[Cl-]. The molecule has 10 nitrogen and oxygen atoms in total. The van der Waals surface area contributed by atoms with Gasteiger partial charge in [0, 0.05) is 43.5 Å². The van der Waals surface area contributed by atoms with Gasteiger partial charge in [-0.3, -0.25) is 19.7 Å². The molecule has 1 atom stereocenters. The highest BCUT2D eigenvalue weighted by Crippen LogP contribution is 2.33. The lowest BCUT2D eigenvalue weighted by Gasteiger charge is -2.37. The van der Waals surface area contributed by atoms with Gasteiger partial charge in [0.15, 0.2) is 5.60 Å². The van der Waals surface area contributed by atoms with E-state index in [9.17, 15) is 9.59 Å². The van der Waals surface area contributed by atoms with Crippen LogP contribution in [0.5, 0.6) is 5.75 Å². The van der Waals surface area contributed by atoms with E-state index in [1.165, 1.54) is 0 Å². The van der Waals surface area contributed by atoms with Gasteiger partial charge in [-0.2, -0.15) is 5.10 Å². The van der Waals surface area contributed by atoms with Crippen LogP contribution >= 0.6 is 0 Å². The first-order valence-electron chi connectivity index (χ1n) is 15.3. The summed E-state index contributed by atoms with van der Waals surface area (Å²) in [6.07, 6.45) is 11.2. The number of carbonyl (C=O) groups is 2. The highest BCUT2D eigenvalue weighted by atomic mass is 35.5. The summed E-state index contributed by atoms with van der Waals surface area (Å²) in [5.74, 6) is 0.748. The number of piperidine rings is 1. The van der Waals surface area contributed by atoms with Crippen molar-refractivity contribution in [1.29, 1.82) is 0 Å². The number of piperazine rings is 1. The monoisotopic (exact) mass is 607 g/mol. The van der Waals surface area contributed by atoms with Crippen molar-refractivity contribution in [3.05, 3.63) is 60.7 Å². The number of aromatic amines is 1. The third-order valence-corrected chi connectivity index (χ3v) is 8.63. The van der Waals surface area contributed by atoms with Gasteiger partial charge in [0.2, 0.25) is 5.91 Å². The molecular weight excluding hydrogens is 566 g/mol. The average molecular weight is 608 g/mol. The van der Waals surface area contributed by atoms with Crippen LogP contribution in [-0.2, 0) is 16.1 Å². The molecule has 2 saturated heterocycles. The second-order valence-corrected chi connectivity index (χ2v) is 12.3. The zero-order chi connectivity index (χ0) is 29.1. The number of hydrogen-bond donors (Lipinski definition) is 2. The number of H-pyrrole nitrogens is 1. The molecule has 3 aromatic rings. The Labute approximate surface area is 259 Å². The van der Waals surface area contributed by atoms with Gasteiger partial charge in [-0.1, -0.05) is 24.3 Å². The molecule has 1 saturated carbocycles. The van der Waals surface area contributed by atoms with Gasteiger partial charge in [-0.25, -0.2) is 0 Å². The van der Waals surface area contributed by atoms with Crippen molar-refractivity contribution in [3.8, 4) is 16.9 Å². The summed E-state index contributed by atoms with van der Waals surface area (Å²) in [6, 6.07) is 10.7. The van der Waals surface area contributed by atoms with Crippen LogP contribution in [0, 0.1) is 5.92 Å². The van der Waals surface area contributed by atoms with Crippen molar-refractivity contribution in [2.45, 2.75) is 57.7 Å². The molecule has 0 unspecified atom stereocenters. The average Bonchev–Trinajstić information content (AvgIpc) is 3.72. The highest BCUT2D eigenvalue weighted by molar-refractivity contribution is 5.85. The molecule has 4 heterocycles. The van der Waals surface area contributed by atoms with Crippen molar-refractivity contribution in [2.24, 2.45) is 5.92 Å². The number of pyridine rings is 1. The zero-order valence-electron chi connectivity index (χ0n) is 25.0. The quantitative estimate of drug-likeness (QED) is 0.338. The Kier molecular flexibility index (Phi) is 9.56. The van der Waals surface area contributed by atoms with Crippen LogP contribution in [0.3, 0.4) is 0 Å². The largest absolute Gasteiger partial charge is 1.00 e. The number of ether oxygens (including phenoxy) is 1. The molecule has 6 rings (SSSR count). The second kappa shape index (κ2) is 13.3. The topological polar surface area (TPSA) is 111 Å². The van der Waals surface area contributed by atoms with E-state index >= 15 is 0 Å². The molecule has 2 aliphatic heterocycles. The fraction of sp³-hybridized carbons (Fsp3) is 0.500. The Morgan fingerprint density at radius 3 is 2.51 bits per heavy atom. The summed E-state index contributed by atoms with van der Waals surface area (Å²) in [5.41, 5.74) is 3.24. The second-order valence-electron chi connectivity index (χ2n) is 12.3. The van der Waals surface area contributed by atoms with Crippen LogP contribution in [0.1, 0.15) is 45.1 Å². The number of quaternary nitrogens is 1. The minimum atomic E-state index is -0.987. The highest BCUT2D eigenvalue weighted by Gasteiger charge is 2.38. The molecule has 230 valence electrons. The molecule has 3 aliphatic rings. The number of nitrogens with two attached hydrogens (primary N) is 1. The van der Waals surface area contributed by atoms with Crippen LogP contribution in [0.25, 0.3) is 11.1 Å². The van der Waals surface area contributed by atoms with E-state index in [1.807, 2.05) is 43.4 Å². The van der Waals surface area contributed by atoms with E-state index < -0.39 is 5.60 Å². The Morgan fingerprint density at radius 1 is 1.05 bits per heavy atom. The van der Waals surface area contributed by atoms with Crippen molar-refractivity contribution < 1.29 is 32.0 Å². The number of aromatic nitrogens is 3. The standard InChI is InChI=1S/C32H41N7O3.ClH/c1-32(2,31(41)37-14-11-33-12-15-37)42-29-16-28(19-34-20-29)38-13-3-4-25(22-38)30(40)39(27-9-10-27)21-23-5-7-24(8-6-23)26-17-35-36-18-26;/h5-8,16-20,25,27,33H,3-4,9-15,21-22H2,1-2H3,(H,35,36);1H/t25-;/m1./s1. The predicted molar refractivity (Wildman–Crippen MR) is 160 cm³/mol. The Morgan fingerprint density at radius 2 is 1.81 bits per heavy atom. The lowest BCUT2D eigenvalue weighted by molar-refractivity contribution is -0.662. The summed E-state index contributed by atoms with van der Waals surface area (Å²) in [4.78, 5) is 37.7. The molecule has 0 spiro atoms. The van der Waals surface area contributed by atoms with Crippen LogP contribution in [0.15, 0.2) is 55.1 Å². The lowest BCUT2D eigenvalue weighted by Crippen LogP contribution is -3.00. The molecule has 0 radical (unpaired) electrons. The minimum absolute atomic E-state index is 0. The van der Waals surface area contributed by atoms with Gasteiger partial charge < -0.3 is 37.2 Å². The van der Waals surface area contributed by atoms with E-state index in [0.717, 1.165) is 80.8 Å². The summed E-state index contributed by atoms with van der Waals surface area (Å²) in [7, 11) is 0. The van der Waals surface area contributed by atoms with Crippen LogP contribution in [-0.4, -0.2) is 87.7 Å². The van der Waals surface area contributed by atoms with Gasteiger partial charge >= 0.3 is 0 Å². The van der Waals surface area contributed by atoms with Gasteiger partial charge in [-0.05, 0) is 50.7 Å². The first-order valence-corrected chi connectivity index (χ1v) is 15.3. The molecule has 2 amide bonds. The molecule has 3 fully saturated rings. The number of hydrogen-bond acceptors (Lipinski definition) is 6. The molecule has 11 heteroatoms. The summed E-state index contributed by atoms with van der Waals surface area (Å²) in [6.45, 7) is 9.12. The van der Waals surface area contributed by atoms with Crippen LogP contribution in [0.2, 0.25) is 0 Å². The van der Waals surface area contributed by atoms with Gasteiger partial charge in [0.25, 0.3) is 5.91 Å². The third kappa shape index (κ3) is 7.30. The van der Waals surface area contributed by atoms with Crippen molar-refractivity contribution in [2.75, 3.05) is 44.2 Å². The molecule has 0 bridgehead atoms. The molecule has 3 N–H and O–H groups in total. The Balaban J connectivity index is 0.00000368. The first-order chi connectivity index (χ1) is 20.4. The van der Waals surface area contributed by atoms with E-state index in [-0.39, 0.29) is 30.1 Å². The lowest BCUT2D eigenvalue weighted by atomic mass is 9.95. The molecule has 2 aromatic heterocycles. The van der Waals surface area contributed by atoms with Gasteiger partial charge in [-0.15, -0.1) is 0 Å². The summed E-state index contributed by atoms with van der Waals surface area (Å²) < 4.78 is 6.23. The smallest absolute Gasteiger partial charge is 0.266 e. The van der Waals surface area contributed by atoms with Gasteiger partial charge in [0.05, 0.1) is 56.4 Å². The van der Waals surface area contributed by atoms with E-state index in [4.69, 9.17) is 4.74 Å². The number of nitrogens with one attached hydrogen (secondary N) is 1. The maximum absolute atomic E-state index is 13.9. The number of amides is 2. The molecule has 1 aliphatic carbocycles. The van der Waals surface area contributed by atoms with Crippen molar-refractivity contribution >= 4 is 17.5 Å². The summed E-state index contributed by atoms with van der Waals surface area (Å²) >= 11 is 0. The fourth-order valence-corrected chi connectivity index (χ4v) is 6.14. The Bertz CT molecular complexity index is 1370. The third-order valence-electron chi connectivity index (χ3n) is 8.63. The van der Waals surface area contributed by atoms with E-state index in [0.29, 0.717) is 24.9 Å². The van der Waals surface area contributed by atoms with E-state index in [2.05, 4.69) is 54.6 Å². The maximum Gasteiger partial charge on any atom is 0.266 e. The van der Waals surface area contributed by atoms with E-state index in [1.54, 1.807) is 6.20 Å². The number of benzene rings is 1. The number of rotatable bonds is 9. The summed E-state index contributed by atoms with van der Waals surface area (Å²) in [5, 5.41) is 9.13. The normalized spacial score (nSPS) is 19.0. The molecule has 1 aromatic carbocycles. The van der Waals surface area contributed by atoms with Crippen molar-refractivity contribution in [3.63, 3.8) is 0 Å². The zero-order valence-corrected chi connectivity index (χ0v) is 25.8. The van der Waals surface area contributed by atoms with Crippen molar-refractivity contribution in [1.82, 2.24) is 25.0 Å². The Hall–Kier alpha value is -3.63. The predicted octanol–water partition coefficient (Wildman–Crippen LogP) is -0.554. The minimum Gasteiger partial charge on any atom is -1.00 e.